The fraction of sp³-hybridized carbons (Fsp3) is 0.316. The zero-order valence-corrected chi connectivity index (χ0v) is 15.5. The molecule has 0 saturated carbocycles. The smallest absolute Gasteiger partial charge is 0.453 e. The van der Waals surface area contributed by atoms with E-state index in [4.69, 9.17) is 4.74 Å². The Bertz CT molecular complexity index is 977. The summed E-state index contributed by atoms with van der Waals surface area (Å²) in [5.41, 5.74) is 2.60. The van der Waals surface area contributed by atoms with Gasteiger partial charge in [-0.3, -0.25) is 4.98 Å². The number of nitrogens with zero attached hydrogens (tertiary/aromatic N) is 4. The summed E-state index contributed by atoms with van der Waals surface area (Å²) >= 11 is 0. The second-order valence-electron chi connectivity index (χ2n) is 6.44. The number of benzene rings is 1. The molecular weight excluding hydrogens is 395 g/mol. The summed E-state index contributed by atoms with van der Waals surface area (Å²) in [6.07, 6.45) is -1.67. The molecule has 2 heterocycles. The third-order valence-electron chi connectivity index (χ3n) is 3.98. The van der Waals surface area contributed by atoms with Crippen LogP contribution in [0.5, 0.6) is 5.75 Å². The van der Waals surface area contributed by atoms with Crippen molar-refractivity contribution in [1.82, 2.24) is 19.7 Å². The minimum absolute atomic E-state index is 0.215. The van der Waals surface area contributed by atoms with Crippen molar-refractivity contribution >= 4 is 0 Å². The maximum absolute atomic E-state index is 12.9. The van der Waals surface area contributed by atoms with E-state index in [9.17, 15) is 22.0 Å². The summed E-state index contributed by atoms with van der Waals surface area (Å²) in [5.74, 6) is -3.95. The van der Waals surface area contributed by atoms with Crippen LogP contribution in [0.25, 0.3) is 16.9 Å². The lowest BCUT2D eigenvalue weighted by molar-refractivity contribution is -0.144. The highest BCUT2D eigenvalue weighted by Crippen LogP contribution is 2.28. The fourth-order valence-electron chi connectivity index (χ4n) is 2.62. The van der Waals surface area contributed by atoms with Crippen molar-refractivity contribution in [1.29, 1.82) is 0 Å². The normalized spacial score (nSPS) is 12.2. The molecule has 0 unspecified atom stereocenters. The van der Waals surface area contributed by atoms with Crippen LogP contribution < -0.4 is 4.74 Å². The van der Waals surface area contributed by atoms with Crippen LogP contribution in [0.3, 0.4) is 0 Å². The number of pyridine rings is 1. The van der Waals surface area contributed by atoms with E-state index in [-0.39, 0.29) is 5.75 Å². The first-order chi connectivity index (χ1) is 13.6. The molecule has 3 aromatic rings. The maximum atomic E-state index is 12.9. The zero-order chi connectivity index (χ0) is 21.2. The highest BCUT2D eigenvalue weighted by Gasteiger charge is 2.35. The molecule has 0 amide bonds. The van der Waals surface area contributed by atoms with Crippen LogP contribution >= 0.6 is 0 Å². The summed E-state index contributed by atoms with van der Waals surface area (Å²) < 4.78 is 69.9. The first kappa shape index (κ1) is 20.7. The lowest BCUT2D eigenvalue weighted by Gasteiger charge is -2.13. The lowest BCUT2D eigenvalue weighted by atomic mass is 10.0. The number of aromatic nitrogens is 4. The molecule has 0 aliphatic carbocycles. The quantitative estimate of drug-likeness (QED) is 0.538. The van der Waals surface area contributed by atoms with Gasteiger partial charge in [-0.25, -0.2) is 18.4 Å². The van der Waals surface area contributed by atoms with Gasteiger partial charge in [-0.15, -0.1) is 5.10 Å². The summed E-state index contributed by atoms with van der Waals surface area (Å²) in [5, 5.41) is 3.47. The Kier molecular flexibility index (Phi) is 5.54. The van der Waals surface area contributed by atoms with Crippen LogP contribution in [-0.2, 0) is 12.6 Å². The average Bonchev–Trinajstić information content (AvgIpc) is 3.16. The summed E-state index contributed by atoms with van der Waals surface area (Å²) in [4.78, 5) is 7.54. The predicted molar refractivity (Wildman–Crippen MR) is 95.1 cm³/mol. The Balaban J connectivity index is 1.85. The van der Waals surface area contributed by atoms with Crippen LogP contribution in [0, 0.1) is 0 Å². The number of halogens is 5. The summed E-state index contributed by atoms with van der Waals surface area (Å²) in [7, 11) is 0. The Labute approximate surface area is 163 Å². The Morgan fingerprint density at radius 2 is 1.79 bits per heavy atom. The number of hydrogen-bond acceptors (Lipinski definition) is 4. The number of rotatable bonds is 6. The van der Waals surface area contributed by atoms with Crippen molar-refractivity contribution < 1.29 is 26.7 Å². The molecule has 0 atom stereocenters. The molecule has 2 aromatic heterocycles. The van der Waals surface area contributed by atoms with Gasteiger partial charge < -0.3 is 4.74 Å². The Morgan fingerprint density at radius 1 is 1.03 bits per heavy atom. The highest BCUT2D eigenvalue weighted by atomic mass is 19.4. The van der Waals surface area contributed by atoms with Crippen molar-refractivity contribution in [3.63, 3.8) is 0 Å². The van der Waals surface area contributed by atoms with E-state index in [1.807, 2.05) is 6.92 Å². The molecule has 0 N–H and O–H groups in total. The highest BCUT2D eigenvalue weighted by molar-refractivity contribution is 5.66. The van der Waals surface area contributed by atoms with Crippen LogP contribution in [-0.4, -0.2) is 32.3 Å². The van der Waals surface area contributed by atoms with E-state index in [1.165, 1.54) is 12.3 Å². The third kappa shape index (κ3) is 5.07. The Morgan fingerprint density at radius 3 is 2.34 bits per heavy atom. The number of hydrogen-bond donors (Lipinski definition) is 0. The monoisotopic (exact) mass is 412 g/mol. The van der Waals surface area contributed by atoms with E-state index in [0.29, 0.717) is 17.8 Å². The number of alkyl halides is 5. The zero-order valence-electron chi connectivity index (χ0n) is 15.5. The van der Waals surface area contributed by atoms with Gasteiger partial charge in [0.1, 0.15) is 12.1 Å². The second kappa shape index (κ2) is 7.76. The molecule has 0 aliphatic heterocycles. The van der Waals surface area contributed by atoms with Gasteiger partial charge in [-0.2, -0.15) is 13.2 Å². The van der Waals surface area contributed by atoms with E-state index in [1.54, 1.807) is 24.3 Å². The topological polar surface area (TPSA) is 52.8 Å². The van der Waals surface area contributed by atoms with Crippen LogP contribution in [0.4, 0.5) is 22.0 Å². The maximum Gasteiger partial charge on any atom is 0.453 e. The molecule has 5 nitrogen and oxygen atoms in total. The molecule has 3 rings (SSSR count). The van der Waals surface area contributed by atoms with Crippen LogP contribution in [0.15, 0.2) is 42.9 Å². The molecule has 0 spiro atoms. The standard InChI is InChI=1S/C19H17F5N4O/c1-3-12-8-13(28-11-26-17(27-28)19(22,23)24)4-6-15(12)16-7-5-14(9-25-16)29-10-18(2,20)21/h4-9,11H,3,10H2,1-2H3. The van der Waals surface area contributed by atoms with Gasteiger partial charge in [0.25, 0.3) is 11.7 Å². The molecule has 1 aromatic carbocycles. The molecule has 0 bridgehead atoms. The van der Waals surface area contributed by atoms with Gasteiger partial charge in [0.05, 0.1) is 17.6 Å². The SMILES string of the molecule is CCc1cc(-n2cnc(C(F)(F)F)n2)ccc1-c1ccc(OCC(C)(F)F)cn1. The number of ether oxygens (including phenoxy) is 1. The van der Waals surface area contributed by atoms with Gasteiger partial charge in [0, 0.05) is 12.5 Å². The first-order valence-corrected chi connectivity index (χ1v) is 8.66. The molecule has 0 radical (unpaired) electrons. The molecule has 154 valence electrons. The van der Waals surface area contributed by atoms with E-state index < -0.39 is 24.5 Å². The van der Waals surface area contributed by atoms with Crippen LogP contribution in [0.1, 0.15) is 25.2 Å². The van der Waals surface area contributed by atoms with E-state index >= 15 is 0 Å². The summed E-state index contributed by atoms with van der Waals surface area (Å²) in [6, 6.07) is 8.19. The molecule has 0 saturated heterocycles. The minimum Gasteiger partial charge on any atom is -0.486 e. The predicted octanol–water partition coefficient (Wildman–Crippen LogP) is 4.94. The van der Waals surface area contributed by atoms with E-state index in [0.717, 1.165) is 29.1 Å². The van der Waals surface area contributed by atoms with Gasteiger partial charge in [-0.1, -0.05) is 13.0 Å². The molecule has 10 heteroatoms. The molecule has 29 heavy (non-hydrogen) atoms. The van der Waals surface area contributed by atoms with Gasteiger partial charge in [-0.05, 0) is 36.2 Å². The Hall–Kier alpha value is -3.04. The van der Waals surface area contributed by atoms with Crippen molar-refractivity contribution in [2.75, 3.05) is 6.61 Å². The van der Waals surface area contributed by atoms with Crippen molar-refractivity contribution in [3.05, 3.63) is 54.2 Å². The lowest BCUT2D eigenvalue weighted by Crippen LogP contribution is -2.20. The summed E-state index contributed by atoms with van der Waals surface area (Å²) in [6.45, 7) is 1.91. The van der Waals surface area contributed by atoms with Gasteiger partial charge in [0.2, 0.25) is 0 Å². The van der Waals surface area contributed by atoms with Crippen LogP contribution in [0.2, 0.25) is 0 Å². The van der Waals surface area contributed by atoms with Gasteiger partial charge >= 0.3 is 6.18 Å². The first-order valence-electron chi connectivity index (χ1n) is 8.66. The molecule has 0 fully saturated rings. The molecular formula is C19H17F5N4O. The third-order valence-corrected chi connectivity index (χ3v) is 3.98. The van der Waals surface area contributed by atoms with Crippen molar-refractivity contribution in [2.24, 2.45) is 0 Å². The van der Waals surface area contributed by atoms with Crippen molar-refractivity contribution in [2.45, 2.75) is 32.4 Å². The average molecular weight is 412 g/mol. The second-order valence-corrected chi connectivity index (χ2v) is 6.44. The van der Waals surface area contributed by atoms with E-state index in [2.05, 4.69) is 15.1 Å². The fourth-order valence-corrected chi connectivity index (χ4v) is 2.62. The number of aryl methyl sites for hydroxylation is 1. The minimum atomic E-state index is -4.62. The van der Waals surface area contributed by atoms with Gasteiger partial charge in [0.15, 0.2) is 6.61 Å². The largest absolute Gasteiger partial charge is 0.486 e. The molecule has 0 aliphatic rings. The van der Waals surface area contributed by atoms with Crippen molar-refractivity contribution in [3.8, 4) is 22.7 Å².